The summed E-state index contributed by atoms with van der Waals surface area (Å²) < 4.78 is 8.48. The molecule has 1 aromatic carbocycles. The second kappa shape index (κ2) is 8.80. The molecule has 1 amide bonds. The molecule has 4 rings (SSSR count). The first-order chi connectivity index (χ1) is 14.5. The van der Waals surface area contributed by atoms with Crippen molar-refractivity contribution in [1.82, 2.24) is 19.6 Å². The van der Waals surface area contributed by atoms with Gasteiger partial charge in [0.25, 0.3) is 0 Å². The fraction of sp³-hybridized carbons (Fsp3) is 0.583. The summed E-state index contributed by atoms with van der Waals surface area (Å²) in [7, 11) is 1.96. The van der Waals surface area contributed by atoms with Crippen LogP contribution in [-0.4, -0.2) is 57.3 Å². The number of ether oxygens (including phenoxy) is 1. The van der Waals surface area contributed by atoms with Gasteiger partial charge in [-0.05, 0) is 44.7 Å². The van der Waals surface area contributed by atoms with E-state index in [4.69, 9.17) is 4.74 Å². The van der Waals surface area contributed by atoms with E-state index in [1.807, 2.05) is 28.9 Å². The second-order valence-corrected chi connectivity index (χ2v) is 8.79. The van der Waals surface area contributed by atoms with Crippen molar-refractivity contribution in [2.75, 3.05) is 26.2 Å². The van der Waals surface area contributed by atoms with Gasteiger partial charge in [0.1, 0.15) is 11.4 Å². The molecule has 0 unspecified atom stereocenters. The van der Waals surface area contributed by atoms with Crippen LogP contribution < -0.4 is 4.74 Å². The number of amides is 1. The molecule has 2 aromatic rings. The number of hydrogen-bond donors (Lipinski definition) is 0. The van der Waals surface area contributed by atoms with E-state index in [-0.39, 0.29) is 17.4 Å². The van der Waals surface area contributed by atoms with Crippen LogP contribution in [-0.2, 0) is 18.4 Å². The van der Waals surface area contributed by atoms with Crippen molar-refractivity contribution in [1.29, 1.82) is 0 Å². The van der Waals surface area contributed by atoms with Crippen molar-refractivity contribution in [3.8, 4) is 5.75 Å². The third-order valence-electron chi connectivity index (χ3n) is 6.77. The molecule has 6 heteroatoms. The third kappa shape index (κ3) is 4.38. The lowest BCUT2D eigenvalue weighted by molar-refractivity contribution is -0.131. The molecule has 0 radical (unpaired) electrons. The molecule has 1 aromatic heterocycles. The van der Waals surface area contributed by atoms with Gasteiger partial charge in [0, 0.05) is 63.9 Å². The molecule has 1 spiro atoms. The number of hydrogen-bond acceptors (Lipinski definition) is 4. The van der Waals surface area contributed by atoms with Gasteiger partial charge >= 0.3 is 0 Å². The number of carbonyl (C=O) groups is 1. The Labute approximate surface area is 179 Å². The summed E-state index contributed by atoms with van der Waals surface area (Å²) >= 11 is 0. The molecule has 1 fully saturated rings. The van der Waals surface area contributed by atoms with Gasteiger partial charge in [-0.2, -0.15) is 5.10 Å². The molecular formula is C24H34N4O2. The van der Waals surface area contributed by atoms with E-state index < -0.39 is 0 Å². The second-order valence-electron chi connectivity index (χ2n) is 8.79. The van der Waals surface area contributed by atoms with Gasteiger partial charge in [-0.25, -0.2) is 0 Å². The summed E-state index contributed by atoms with van der Waals surface area (Å²) in [5.74, 6) is 1.46. The van der Waals surface area contributed by atoms with Gasteiger partial charge in [0.2, 0.25) is 5.91 Å². The molecule has 1 saturated heterocycles. The summed E-state index contributed by atoms with van der Waals surface area (Å²) in [4.78, 5) is 17.3. The van der Waals surface area contributed by atoms with Crippen molar-refractivity contribution in [3.05, 3.63) is 47.8 Å². The highest BCUT2D eigenvalue weighted by molar-refractivity contribution is 5.77. The number of para-hydroxylation sites is 1. The summed E-state index contributed by atoms with van der Waals surface area (Å²) in [6, 6.07) is 8.32. The van der Waals surface area contributed by atoms with E-state index in [1.54, 1.807) is 0 Å². The fourth-order valence-electron chi connectivity index (χ4n) is 5.08. The van der Waals surface area contributed by atoms with E-state index in [2.05, 4.69) is 48.2 Å². The minimum absolute atomic E-state index is 0.159. The van der Waals surface area contributed by atoms with Crippen molar-refractivity contribution in [2.24, 2.45) is 7.05 Å². The highest BCUT2D eigenvalue weighted by Crippen LogP contribution is 2.46. The maximum absolute atomic E-state index is 12.9. The number of benzene rings is 1. The Morgan fingerprint density at radius 3 is 2.63 bits per heavy atom. The van der Waals surface area contributed by atoms with Gasteiger partial charge in [-0.3, -0.25) is 14.4 Å². The monoisotopic (exact) mass is 410 g/mol. The minimum Gasteiger partial charge on any atom is -0.487 e. The Bertz CT molecular complexity index is 866. The molecule has 2 aliphatic rings. The molecule has 0 bridgehead atoms. The molecule has 0 N–H and O–H groups in total. The molecule has 2 aliphatic heterocycles. The summed E-state index contributed by atoms with van der Waals surface area (Å²) in [6.45, 7) is 8.60. The summed E-state index contributed by atoms with van der Waals surface area (Å²) in [5, 5.41) is 4.29. The van der Waals surface area contributed by atoms with E-state index in [0.717, 1.165) is 57.7 Å². The van der Waals surface area contributed by atoms with Crippen LogP contribution in [0.25, 0.3) is 0 Å². The largest absolute Gasteiger partial charge is 0.487 e. The maximum atomic E-state index is 12.9. The molecule has 0 saturated carbocycles. The van der Waals surface area contributed by atoms with E-state index >= 15 is 0 Å². The van der Waals surface area contributed by atoms with E-state index in [9.17, 15) is 4.79 Å². The van der Waals surface area contributed by atoms with E-state index in [1.165, 1.54) is 11.1 Å². The van der Waals surface area contributed by atoms with Crippen molar-refractivity contribution in [3.63, 3.8) is 0 Å². The van der Waals surface area contributed by atoms with Crippen molar-refractivity contribution in [2.45, 2.75) is 57.6 Å². The average Bonchev–Trinajstić information content (AvgIpc) is 3.15. The number of carbonyl (C=O) groups excluding carboxylic acids is 1. The van der Waals surface area contributed by atoms with Crippen molar-refractivity contribution >= 4 is 5.91 Å². The molecule has 1 atom stereocenters. The van der Waals surface area contributed by atoms with Gasteiger partial charge < -0.3 is 9.64 Å². The minimum atomic E-state index is -0.159. The van der Waals surface area contributed by atoms with Gasteiger partial charge in [-0.1, -0.05) is 18.2 Å². The highest BCUT2D eigenvalue weighted by atomic mass is 16.5. The van der Waals surface area contributed by atoms with Crippen LogP contribution in [0, 0.1) is 0 Å². The number of fused-ring (bicyclic) bond motifs is 1. The zero-order chi connectivity index (χ0) is 21.1. The standard InChI is InChI=1S/C24H34N4O2/c1-4-28(5-2)23(29)14-20-15-24(30-22-9-7-6-8-21(20)22)10-12-27(13-11-24)18-19-16-25-26(3)17-19/h6-9,16-17,20H,4-5,10-15,18H2,1-3H3/t20-/m1/s1. The summed E-state index contributed by atoms with van der Waals surface area (Å²) in [5.41, 5.74) is 2.29. The van der Waals surface area contributed by atoms with Gasteiger partial charge in [0.15, 0.2) is 0 Å². The lowest BCUT2D eigenvalue weighted by Gasteiger charge is -2.47. The Morgan fingerprint density at radius 2 is 1.97 bits per heavy atom. The molecule has 162 valence electrons. The Morgan fingerprint density at radius 1 is 1.23 bits per heavy atom. The van der Waals surface area contributed by atoms with Gasteiger partial charge in [0.05, 0.1) is 6.20 Å². The number of piperidine rings is 1. The van der Waals surface area contributed by atoms with E-state index in [0.29, 0.717) is 6.42 Å². The lowest BCUT2D eigenvalue weighted by atomic mass is 9.76. The zero-order valence-electron chi connectivity index (χ0n) is 18.5. The third-order valence-corrected chi connectivity index (χ3v) is 6.77. The number of aryl methyl sites for hydroxylation is 1. The van der Waals surface area contributed by atoms with Crippen LogP contribution in [0.15, 0.2) is 36.7 Å². The Balaban J connectivity index is 1.46. The first kappa shape index (κ1) is 20.9. The predicted molar refractivity (Wildman–Crippen MR) is 117 cm³/mol. The van der Waals surface area contributed by atoms with Crippen LogP contribution in [0.4, 0.5) is 0 Å². The van der Waals surface area contributed by atoms with Crippen molar-refractivity contribution < 1.29 is 9.53 Å². The normalized spacial score (nSPS) is 20.6. The highest BCUT2D eigenvalue weighted by Gasteiger charge is 2.43. The quantitative estimate of drug-likeness (QED) is 0.730. The number of nitrogens with zero attached hydrogens (tertiary/aromatic N) is 4. The zero-order valence-corrected chi connectivity index (χ0v) is 18.5. The molecular weight excluding hydrogens is 376 g/mol. The molecule has 0 aliphatic carbocycles. The SMILES string of the molecule is CCN(CC)C(=O)C[C@@H]1CC2(CCN(Cc3cnn(C)c3)CC2)Oc2ccccc21. The number of likely N-dealkylation sites (tertiary alicyclic amines) is 1. The molecule has 30 heavy (non-hydrogen) atoms. The van der Waals surface area contributed by atoms with Crippen LogP contribution in [0.3, 0.4) is 0 Å². The average molecular weight is 411 g/mol. The first-order valence-electron chi connectivity index (χ1n) is 11.3. The number of aromatic nitrogens is 2. The first-order valence-corrected chi connectivity index (χ1v) is 11.3. The van der Waals surface area contributed by atoms with Crippen LogP contribution in [0.5, 0.6) is 5.75 Å². The lowest BCUT2D eigenvalue weighted by Crippen LogP contribution is -2.50. The maximum Gasteiger partial charge on any atom is 0.223 e. The van der Waals surface area contributed by atoms with Crippen LogP contribution in [0.1, 0.15) is 56.6 Å². The fourth-order valence-corrected chi connectivity index (χ4v) is 5.08. The Kier molecular flexibility index (Phi) is 6.14. The summed E-state index contributed by atoms with van der Waals surface area (Å²) in [6.07, 6.45) is 7.54. The molecule has 6 nitrogen and oxygen atoms in total. The van der Waals surface area contributed by atoms with Gasteiger partial charge in [-0.15, -0.1) is 0 Å². The molecule has 3 heterocycles. The van der Waals surface area contributed by atoms with Crippen LogP contribution in [0.2, 0.25) is 0 Å². The number of rotatable bonds is 6. The van der Waals surface area contributed by atoms with Crippen LogP contribution >= 0.6 is 0 Å². The topological polar surface area (TPSA) is 50.6 Å². The smallest absolute Gasteiger partial charge is 0.223 e. The Hall–Kier alpha value is -2.34. The predicted octanol–water partition coefficient (Wildman–Crippen LogP) is 3.58.